The molecule has 456 valence electrons. The quantitative estimate of drug-likeness (QED) is 0.0211. The van der Waals surface area contributed by atoms with E-state index >= 15 is 0 Å². The predicted octanol–water partition coefficient (Wildman–Crippen LogP) is 21.3. The normalized spacial score (nSPS) is 13.3. The van der Waals surface area contributed by atoms with Gasteiger partial charge >= 0.3 is 19.8 Å². The smallest absolute Gasteiger partial charge is 0.462 e. The molecule has 0 bridgehead atoms. The van der Waals surface area contributed by atoms with E-state index in [9.17, 15) is 19.0 Å². The zero-order valence-corrected chi connectivity index (χ0v) is 52.9. The van der Waals surface area contributed by atoms with Crippen molar-refractivity contribution < 1.29 is 42.1 Å². The molecule has 0 radical (unpaired) electrons. The molecule has 2 atom stereocenters. The Kier molecular flexibility index (Phi) is 58.0. The van der Waals surface area contributed by atoms with Gasteiger partial charge in [0.25, 0.3) is 0 Å². The monoisotopic (exact) mass is 1110 g/mol. The molecule has 10 heteroatoms. The summed E-state index contributed by atoms with van der Waals surface area (Å²) in [4.78, 5) is 35.7. The standard InChI is InChI=1S/C67H130NO8P/c1-6-8-10-12-14-16-18-20-22-23-24-25-26-27-28-29-30-31-32-33-34-35-36-37-38-39-40-41-42-43-44-45-46-48-50-52-54-56-58-60-67(70)76-65(64-75-77(71,72)74-62-61-68(3,4)5)63-73-66(69)59-57-55-53-51-49-47-21-19-17-15-13-11-9-7-2/h19,21,23-24,65H,6-18,20,22,25-64H2,1-5H3/p+1/b21-19-,24-23-. The van der Waals surface area contributed by atoms with Crippen LogP contribution in [0.4, 0.5) is 0 Å². The summed E-state index contributed by atoms with van der Waals surface area (Å²) >= 11 is 0. The van der Waals surface area contributed by atoms with Crippen LogP contribution < -0.4 is 0 Å². The van der Waals surface area contributed by atoms with Crippen LogP contribution >= 0.6 is 7.82 Å². The molecule has 0 fully saturated rings. The van der Waals surface area contributed by atoms with Gasteiger partial charge in [0.15, 0.2) is 6.10 Å². The Morgan fingerprint density at radius 1 is 0.390 bits per heavy atom. The van der Waals surface area contributed by atoms with Crippen molar-refractivity contribution in [2.45, 2.75) is 347 Å². The number of carbonyl (C=O) groups excluding carboxylic acids is 2. The lowest BCUT2D eigenvalue weighted by Gasteiger charge is -2.24. The molecule has 0 saturated heterocycles. The lowest BCUT2D eigenvalue weighted by molar-refractivity contribution is -0.870. The zero-order chi connectivity index (χ0) is 56.3. The van der Waals surface area contributed by atoms with Crippen molar-refractivity contribution in [2.24, 2.45) is 0 Å². The van der Waals surface area contributed by atoms with Crippen LogP contribution in [0.15, 0.2) is 24.3 Å². The van der Waals surface area contributed by atoms with Crippen LogP contribution in [0.5, 0.6) is 0 Å². The molecular weight excluding hydrogens is 978 g/mol. The SMILES string of the molecule is CCCCCCC/C=C\CCCCCCCC(=O)OCC(COP(=O)(O)OCC[N+](C)(C)C)OC(=O)CCCCCCCCCCCCCCCCCCCCCCCCCCCCC/C=C\CCCCCCCCCC. The maximum Gasteiger partial charge on any atom is 0.472 e. The van der Waals surface area contributed by atoms with Gasteiger partial charge in [0.1, 0.15) is 19.8 Å². The van der Waals surface area contributed by atoms with E-state index in [0.29, 0.717) is 17.4 Å². The number of rotatable bonds is 63. The zero-order valence-electron chi connectivity index (χ0n) is 52.0. The van der Waals surface area contributed by atoms with E-state index in [1.807, 2.05) is 21.1 Å². The van der Waals surface area contributed by atoms with Gasteiger partial charge in [-0.1, -0.05) is 289 Å². The van der Waals surface area contributed by atoms with Crippen LogP contribution in [0, 0.1) is 0 Å². The van der Waals surface area contributed by atoms with Crippen LogP contribution in [-0.2, 0) is 32.7 Å². The van der Waals surface area contributed by atoms with Gasteiger partial charge in [0.05, 0.1) is 27.7 Å². The van der Waals surface area contributed by atoms with Gasteiger partial charge in [-0.2, -0.15) is 0 Å². The molecule has 9 nitrogen and oxygen atoms in total. The number of hydrogen-bond acceptors (Lipinski definition) is 7. The Bertz CT molecular complexity index is 1350. The van der Waals surface area contributed by atoms with E-state index in [1.54, 1.807) is 0 Å². The molecule has 0 spiro atoms. The summed E-state index contributed by atoms with van der Waals surface area (Å²) in [6.45, 7) is 4.46. The molecule has 0 aromatic rings. The first-order valence-electron chi connectivity index (χ1n) is 33.6. The summed E-state index contributed by atoms with van der Waals surface area (Å²) in [7, 11) is 1.49. The molecule has 0 saturated carbocycles. The van der Waals surface area contributed by atoms with Crippen LogP contribution in [-0.4, -0.2) is 74.9 Å². The van der Waals surface area contributed by atoms with Crippen molar-refractivity contribution in [1.82, 2.24) is 0 Å². The van der Waals surface area contributed by atoms with Gasteiger partial charge in [0.2, 0.25) is 0 Å². The number of nitrogens with zero attached hydrogens (tertiary/aromatic N) is 1. The molecule has 0 aliphatic rings. The molecule has 0 rings (SSSR count). The number of phosphoric acid groups is 1. The highest BCUT2D eigenvalue weighted by molar-refractivity contribution is 7.47. The third kappa shape index (κ3) is 63.5. The lowest BCUT2D eigenvalue weighted by atomic mass is 10.0. The number of carbonyl (C=O) groups is 2. The van der Waals surface area contributed by atoms with Crippen LogP contribution in [0.3, 0.4) is 0 Å². The average Bonchev–Trinajstić information content (AvgIpc) is 3.39. The third-order valence-electron chi connectivity index (χ3n) is 15.2. The summed E-state index contributed by atoms with van der Waals surface area (Å²) in [5, 5.41) is 0. The molecule has 2 unspecified atom stereocenters. The Hall–Kier alpha value is -1.51. The van der Waals surface area contributed by atoms with Crippen molar-refractivity contribution in [3.8, 4) is 0 Å². The second-order valence-corrected chi connectivity index (χ2v) is 25.7. The highest BCUT2D eigenvalue weighted by Gasteiger charge is 2.27. The fraction of sp³-hybridized carbons (Fsp3) is 0.910. The minimum atomic E-state index is -4.38. The van der Waals surface area contributed by atoms with E-state index in [4.69, 9.17) is 18.5 Å². The topological polar surface area (TPSA) is 108 Å². The van der Waals surface area contributed by atoms with E-state index in [0.717, 1.165) is 51.4 Å². The first kappa shape index (κ1) is 75.5. The van der Waals surface area contributed by atoms with Gasteiger partial charge in [-0.15, -0.1) is 0 Å². The maximum atomic E-state index is 12.8. The van der Waals surface area contributed by atoms with Crippen LogP contribution in [0.2, 0.25) is 0 Å². The van der Waals surface area contributed by atoms with E-state index in [-0.39, 0.29) is 32.0 Å². The highest BCUT2D eigenvalue weighted by Crippen LogP contribution is 2.43. The first-order valence-corrected chi connectivity index (χ1v) is 35.1. The molecular formula is C67H131NO8P+. The van der Waals surface area contributed by atoms with E-state index in [2.05, 4.69) is 38.2 Å². The summed E-state index contributed by atoms with van der Waals surface area (Å²) in [6, 6.07) is 0. The second-order valence-electron chi connectivity index (χ2n) is 24.2. The number of esters is 2. The number of allylic oxidation sites excluding steroid dienone is 4. The van der Waals surface area contributed by atoms with Gasteiger partial charge in [-0.05, 0) is 64.2 Å². The number of quaternary nitrogens is 1. The number of likely N-dealkylation sites (N-methyl/N-ethyl adjacent to an activating group) is 1. The Morgan fingerprint density at radius 2 is 0.662 bits per heavy atom. The molecule has 0 aliphatic heterocycles. The Morgan fingerprint density at radius 3 is 0.961 bits per heavy atom. The fourth-order valence-electron chi connectivity index (χ4n) is 10.0. The molecule has 77 heavy (non-hydrogen) atoms. The molecule has 1 N–H and O–H groups in total. The minimum Gasteiger partial charge on any atom is -0.462 e. The first-order chi connectivity index (χ1) is 37.5. The van der Waals surface area contributed by atoms with Gasteiger partial charge in [-0.25, -0.2) is 4.57 Å². The number of hydrogen-bond donors (Lipinski definition) is 1. The largest absolute Gasteiger partial charge is 0.472 e. The Balaban J connectivity index is 3.85. The summed E-state index contributed by atoms with van der Waals surface area (Å²) in [5.74, 6) is -0.791. The Labute approximate surface area is 479 Å². The second kappa shape index (κ2) is 59.1. The molecule has 0 aromatic carbocycles. The third-order valence-corrected chi connectivity index (χ3v) is 16.2. The van der Waals surface area contributed by atoms with Gasteiger partial charge in [-0.3, -0.25) is 18.6 Å². The van der Waals surface area contributed by atoms with E-state index < -0.39 is 26.5 Å². The van der Waals surface area contributed by atoms with E-state index in [1.165, 1.54) is 257 Å². The summed E-state index contributed by atoms with van der Waals surface area (Å²) in [6.07, 6.45) is 73.1. The van der Waals surface area contributed by atoms with Gasteiger partial charge in [0, 0.05) is 12.8 Å². The summed E-state index contributed by atoms with van der Waals surface area (Å²) in [5.41, 5.74) is 0. The lowest BCUT2D eigenvalue weighted by Crippen LogP contribution is -2.37. The van der Waals surface area contributed by atoms with Crippen molar-refractivity contribution in [2.75, 3.05) is 47.5 Å². The van der Waals surface area contributed by atoms with Gasteiger partial charge < -0.3 is 18.9 Å². The molecule has 0 aromatic heterocycles. The molecule has 0 aliphatic carbocycles. The van der Waals surface area contributed by atoms with Crippen molar-refractivity contribution in [3.05, 3.63) is 24.3 Å². The van der Waals surface area contributed by atoms with Crippen molar-refractivity contribution in [1.29, 1.82) is 0 Å². The minimum absolute atomic E-state index is 0.0335. The number of ether oxygens (including phenoxy) is 2. The van der Waals surface area contributed by atoms with Crippen LogP contribution in [0.1, 0.15) is 341 Å². The highest BCUT2D eigenvalue weighted by atomic mass is 31.2. The van der Waals surface area contributed by atoms with Crippen molar-refractivity contribution >= 4 is 19.8 Å². The predicted molar refractivity (Wildman–Crippen MR) is 331 cm³/mol. The maximum absolute atomic E-state index is 12.8. The average molecular weight is 1110 g/mol. The molecule has 0 heterocycles. The van der Waals surface area contributed by atoms with Crippen molar-refractivity contribution in [3.63, 3.8) is 0 Å². The number of phosphoric ester groups is 1. The fourth-order valence-corrected chi connectivity index (χ4v) is 10.8. The number of unbranched alkanes of at least 4 members (excludes halogenated alkanes) is 45. The molecule has 0 amide bonds. The summed E-state index contributed by atoms with van der Waals surface area (Å²) < 4.78 is 34.6. The van der Waals surface area contributed by atoms with Crippen LogP contribution in [0.25, 0.3) is 0 Å².